The average molecular weight is 256 g/mol. The fraction of sp³-hybridized carbons (Fsp3) is 0.100. The van der Waals surface area contributed by atoms with Crippen molar-refractivity contribution in [1.82, 2.24) is 14.8 Å². The molecule has 0 saturated carbocycles. The molecule has 18 heavy (non-hydrogen) atoms. The summed E-state index contributed by atoms with van der Waals surface area (Å²) in [5.41, 5.74) is 0.304. The molecule has 0 aliphatic carbocycles. The summed E-state index contributed by atoms with van der Waals surface area (Å²) in [5, 5.41) is 5.58. The minimum absolute atomic E-state index is 0.00493. The van der Waals surface area contributed by atoms with Crippen LogP contribution in [-0.4, -0.2) is 26.8 Å². The molecule has 1 heterocycles. The van der Waals surface area contributed by atoms with Crippen LogP contribution in [0.15, 0.2) is 36.9 Å². The van der Waals surface area contributed by atoms with E-state index in [2.05, 4.69) is 10.1 Å². The van der Waals surface area contributed by atoms with Gasteiger partial charge in [0, 0.05) is 0 Å². The maximum atomic E-state index is 12.2. The van der Waals surface area contributed by atoms with E-state index in [1.54, 1.807) is 11.4 Å². The van der Waals surface area contributed by atoms with Crippen molar-refractivity contribution in [3.05, 3.63) is 36.9 Å². The molecule has 1 aromatic carbocycles. The van der Waals surface area contributed by atoms with E-state index in [-0.39, 0.29) is 5.69 Å². The number of hydrogen-bond acceptors (Lipinski definition) is 3. The summed E-state index contributed by atoms with van der Waals surface area (Å²) < 4.78 is 37.7. The molecule has 5 nitrogen and oxygen atoms in total. The summed E-state index contributed by atoms with van der Waals surface area (Å²) in [6.07, 6.45) is -2.38. The molecule has 0 unspecified atom stereocenters. The maximum Gasteiger partial charge on any atom is 0.471 e. The van der Waals surface area contributed by atoms with Crippen molar-refractivity contribution in [3.63, 3.8) is 0 Å². The minimum Gasteiger partial charge on any atom is -0.316 e. The molecule has 1 amide bonds. The van der Waals surface area contributed by atoms with Gasteiger partial charge in [-0.3, -0.25) is 4.79 Å². The highest BCUT2D eigenvalue weighted by Crippen LogP contribution is 2.22. The molecule has 0 fully saturated rings. The summed E-state index contributed by atoms with van der Waals surface area (Å²) in [6.45, 7) is 0. The summed E-state index contributed by atoms with van der Waals surface area (Å²) in [7, 11) is 0. The molecule has 0 aliphatic heterocycles. The zero-order valence-electron chi connectivity index (χ0n) is 8.85. The van der Waals surface area contributed by atoms with E-state index in [1.165, 1.54) is 35.5 Å². The highest BCUT2D eigenvalue weighted by molar-refractivity contribution is 5.96. The van der Waals surface area contributed by atoms with E-state index in [0.717, 1.165) is 0 Å². The third kappa shape index (κ3) is 2.47. The first kappa shape index (κ1) is 12.1. The summed E-state index contributed by atoms with van der Waals surface area (Å²) in [4.78, 5) is 14.6. The Morgan fingerprint density at radius 1 is 1.28 bits per heavy atom. The summed E-state index contributed by atoms with van der Waals surface area (Å²) >= 11 is 0. The molecule has 0 radical (unpaired) electrons. The number of para-hydroxylation sites is 2. The Morgan fingerprint density at radius 3 is 2.61 bits per heavy atom. The largest absolute Gasteiger partial charge is 0.471 e. The molecule has 2 aromatic rings. The van der Waals surface area contributed by atoms with Gasteiger partial charge in [0.15, 0.2) is 0 Å². The van der Waals surface area contributed by atoms with Crippen LogP contribution in [0.3, 0.4) is 0 Å². The van der Waals surface area contributed by atoms with Gasteiger partial charge in [-0.1, -0.05) is 12.1 Å². The number of carbonyl (C=O) groups is 1. The van der Waals surface area contributed by atoms with Crippen LogP contribution in [0.4, 0.5) is 18.9 Å². The first-order chi connectivity index (χ1) is 8.48. The number of anilines is 1. The normalized spacial score (nSPS) is 11.3. The second kappa shape index (κ2) is 4.47. The van der Waals surface area contributed by atoms with Crippen molar-refractivity contribution in [1.29, 1.82) is 0 Å². The maximum absolute atomic E-state index is 12.2. The van der Waals surface area contributed by atoms with Gasteiger partial charge >= 0.3 is 12.1 Å². The number of alkyl halides is 3. The van der Waals surface area contributed by atoms with E-state index < -0.39 is 12.1 Å². The number of nitrogens with one attached hydrogen (secondary N) is 1. The van der Waals surface area contributed by atoms with Gasteiger partial charge in [-0.2, -0.15) is 18.3 Å². The molecule has 2 rings (SSSR count). The lowest BCUT2D eigenvalue weighted by Gasteiger charge is -2.11. The van der Waals surface area contributed by atoms with Crippen LogP contribution in [-0.2, 0) is 4.79 Å². The average Bonchev–Trinajstić information content (AvgIpc) is 2.82. The molecule has 0 atom stereocenters. The van der Waals surface area contributed by atoms with E-state index in [9.17, 15) is 18.0 Å². The molecular formula is C10H7F3N4O. The van der Waals surface area contributed by atoms with Crippen molar-refractivity contribution in [2.75, 3.05) is 5.32 Å². The molecule has 1 aromatic heterocycles. The number of benzene rings is 1. The van der Waals surface area contributed by atoms with Crippen molar-refractivity contribution in [3.8, 4) is 5.69 Å². The van der Waals surface area contributed by atoms with Crippen LogP contribution in [0.25, 0.3) is 5.69 Å². The van der Waals surface area contributed by atoms with Gasteiger partial charge in [0.2, 0.25) is 0 Å². The van der Waals surface area contributed by atoms with Crippen LogP contribution in [0.1, 0.15) is 0 Å². The van der Waals surface area contributed by atoms with Crippen LogP contribution >= 0.6 is 0 Å². The molecule has 0 spiro atoms. The second-order valence-electron chi connectivity index (χ2n) is 3.31. The third-order valence-corrected chi connectivity index (χ3v) is 2.08. The Hall–Kier alpha value is -2.38. The van der Waals surface area contributed by atoms with E-state index >= 15 is 0 Å². The number of amides is 1. The van der Waals surface area contributed by atoms with Crippen molar-refractivity contribution in [2.24, 2.45) is 0 Å². The fourth-order valence-corrected chi connectivity index (χ4v) is 1.30. The van der Waals surface area contributed by atoms with E-state index in [1.807, 2.05) is 0 Å². The molecule has 8 heteroatoms. The van der Waals surface area contributed by atoms with Gasteiger partial charge in [0.25, 0.3) is 0 Å². The smallest absolute Gasteiger partial charge is 0.316 e. The highest BCUT2D eigenvalue weighted by Gasteiger charge is 2.39. The monoisotopic (exact) mass is 256 g/mol. The van der Waals surface area contributed by atoms with E-state index in [4.69, 9.17) is 0 Å². The molecule has 0 saturated heterocycles. The Bertz CT molecular complexity index is 551. The van der Waals surface area contributed by atoms with Crippen LogP contribution < -0.4 is 5.32 Å². The number of rotatable bonds is 2. The predicted molar refractivity (Wildman–Crippen MR) is 56.0 cm³/mol. The van der Waals surface area contributed by atoms with Gasteiger partial charge in [0.05, 0.1) is 11.4 Å². The van der Waals surface area contributed by atoms with E-state index in [0.29, 0.717) is 5.69 Å². The van der Waals surface area contributed by atoms with Crippen LogP contribution in [0.2, 0.25) is 0 Å². The molecular weight excluding hydrogens is 249 g/mol. The lowest BCUT2D eigenvalue weighted by atomic mass is 10.2. The van der Waals surface area contributed by atoms with Crippen molar-refractivity contribution in [2.45, 2.75) is 6.18 Å². The van der Waals surface area contributed by atoms with Crippen LogP contribution in [0, 0.1) is 0 Å². The number of halogens is 3. The number of hydrogen-bond donors (Lipinski definition) is 1. The van der Waals surface area contributed by atoms with Gasteiger partial charge in [0.1, 0.15) is 12.7 Å². The minimum atomic E-state index is -4.94. The second-order valence-corrected chi connectivity index (χ2v) is 3.31. The predicted octanol–water partition coefficient (Wildman–Crippen LogP) is 1.77. The van der Waals surface area contributed by atoms with Gasteiger partial charge < -0.3 is 5.32 Å². The zero-order chi connectivity index (χ0) is 13.2. The quantitative estimate of drug-likeness (QED) is 0.890. The first-order valence-corrected chi connectivity index (χ1v) is 4.80. The Kier molecular flexibility index (Phi) is 3.00. The first-order valence-electron chi connectivity index (χ1n) is 4.80. The number of nitrogens with zero attached hydrogens (tertiary/aromatic N) is 3. The van der Waals surface area contributed by atoms with Gasteiger partial charge in [-0.25, -0.2) is 9.67 Å². The Balaban J connectivity index is 2.32. The molecule has 0 aliphatic rings. The lowest BCUT2D eigenvalue weighted by Crippen LogP contribution is -2.30. The highest BCUT2D eigenvalue weighted by atomic mass is 19.4. The molecule has 1 N–H and O–H groups in total. The Morgan fingerprint density at radius 2 is 2.00 bits per heavy atom. The molecule has 94 valence electrons. The number of carbonyl (C=O) groups excluding carboxylic acids is 1. The van der Waals surface area contributed by atoms with Crippen LogP contribution in [0.5, 0.6) is 0 Å². The van der Waals surface area contributed by atoms with Crippen molar-refractivity contribution >= 4 is 11.6 Å². The summed E-state index contributed by atoms with van der Waals surface area (Å²) in [6, 6.07) is 5.98. The zero-order valence-corrected chi connectivity index (χ0v) is 8.85. The van der Waals surface area contributed by atoms with Gasteiger partial charge in [-0.15, -0.1) is 0 Å². The van der Waals surface area contributed by atoms with Gasteiger partial charge in [-0.05, 0) is 12.1 Å². The number of aromatic nitrogens is 3. The standard InChI is InChI=1S/C10H7F3N4O/c11-10(12,13)9(18)16-7-3-1-2-4-8(7)17-6-14-5-15-17/h1-6H,(H,16,18). The third-order valence-electron chi connectivity index (χ3n) is 2.08. The lowest BCUT2D eigenvalue weighted by molar-refractivity contribution is -0.167. The van der Waals surface area contributed by atoms with Crippen molar-refractivity contribution < 1.29 is 18.0 Å². The Labute approximate surface area is 99.3 Å². The summed E-state index contributed by atoms with van der Waals surface area (Å²) in [5.74, 6) is -2.03. The SMILES string of the molecule is O=C(Nc1ccccc1-n1cncn1)C(F)(F)F. The fourth-order valence-electron chi connectivity index (χ4n) is 1.30. The molecule has 0 bridgehead atoms. The topological polar surface area (TPSA) is 59.8 Å².